The van der Waals surface area contributed by atoms with Gasteiger partial charge in [-0.2, -0.15) is 0 Å². The molecule has 156 valence electrons. The van der Waals surface area contributed by atoms with Gasteiger partial charge in [-0.25, -0.2) is 9.37 Å². The maximum Gasteiger partial charge on any atom is 0.248 e. The Balaban J connectivity index is 1.44. The fourth-order valence-electron chi connectivity index (χ4n) is 2.85. The van der Waals surface area contributed by atoms with Crippen molar-refractivity contribution in [2.45, 2.75) is 13.5 Å². The summed E-state index contributed by atoms with van der Waals surface area (Å²) in [5.41, 5.74) is 2.75. The Kier molecular flexibility index (Phi) is 6.18. The van der Waals surface area contributed by atoms with E-state index in [4.69, 9.17) is 4.74 Å². The number of anilines is 3. The number of nitrogens with zero attached hydrogens (tertiary/aromatic N) is 2. The van der Waals surface area contributed by atoms with E-state index >= 15 is 0 Å². The zero-order valence-corrected chi connectivity index (χ0v) is 17.4. The predicted molar refractivity (Wildman–Crippen MR) is 121 cm³/mol. The van der Waals surface area contributed by atoms with Crippen molar-refractivity contribution in [3.8, 4) is 5.75 Å². The molecule has 2 aromatic heterocycles. The smallest absolute Gasteiger partial charge is 0.248 e. The maximum absolute atomic E-state index is 14.4. The van der Waals surface area contributed by atoms with Gasteiger partial charge in [-0.05, 0) is 55.5 Å². The van der Waals surface area contributed by atoms with E-state index in [9.17, 15) is 9.18 Å². The van der Waals surface area contributed by atoms with Crippen molar-refractivity contribution in [1.29, 1.82) is 0 Å². The minimum Gasteiger partial charge on any atom is -0.484 e. The molecule has 4 aromatic rings. The molecule has 0 atom stereocenters. The highest BCUT2D eigenvalue weighted by Gasteiger charge is 2.09. The molecule has 8 heteroatoms. The fraction of sp³-hybridized carbons (Fsp3) is 0.0870. The number of fused-ring (bicyclic) bond motifs is 1. The van der Waals surface area contributed by atoms with Crippen molar-refractivity contribution in [1.82, 2.24) is 9.97 Å². The van der Waals surface area contributed by atoms with Crippen molar-refractivity contribution < 1.29 is 13.9 Å². The lowest BCUT2D eigenvalue weighted by molar-refractivity contribution is -0.111. The SMILES string of the molecule is CC=CC(=O)Nc1ccc2nc(Nc3ccc(OCc4ccccn4)c(F)c3)sc2c1. The van der Waals surface area contributed by atoms with Gasteiger partial charge in [-0.3, -0.25) is 9.78 Å². The number of halogens is 1. The summed E-state index contributed by atoms with van der Waals surface area (Å²) in [6.45, 7) is 1.97. The van der Waals surface area contributed by atoms with Crippen LogP contribution < -0.4 is 15.4 Å². The number of ether oxygens (including phenoxy) is 1. The van der Waals surface area contributed by atoms with Crippen LogP contribution in [0, 0.1) is 5.82 Å². The van der Waals surface area contributed by atoms with Crippen LogP contribution in [0.4, 0.5) is 20.9 Å². The van der Waals surface area contributed by atoms with Crippen LogP contribution in [0.1, 0.15) is 12.6 Å². The number of nitrogens with one attached hydrogen (secondary N) is 2. The van der Waals surface area contributed by atoms with Crippen molar-refractivity contribution in [2.24, 2.45) is 0 Å². The lowest BCUT2D eigenvalue weighted by Gasteiger charge is -2.08. The van der Waals surface area contributed by atoms with Gasteiger partial charge in [0.05, 0.1) is 15.9 Å². The Labute approximate surface area is 182 Å². The first kappa shape index (κ1) is 20.5. The van der Waals surface area contributed by atoms with Gasteiger partial charge in [0.1, 0.15) is 6.61 Å². The molecule has 6 nitrogen and oxygen atoms in total. The van der Waals surface area contributed by atoms with E-state index in [0.29, 0.717) is 16.5 Å². The molecule has 0 fully saturated rings. The number of benzene rings is 2. The molecule has 0 radical (unpaired) electrons. The van der Waals surface area contributed by atoms with Crippen LogP contribution in [-0.2, 0) is 11.4 Å². The predicted octanol–water partition coefficient (Wildman–Crippen LogP) is 5.67. The molecule has 0 unspecified atom stereocenters. The normalized spacial score (nSPS) is 11.0. The summed E-state index contributed by atoms with van der Waals surface area (Å²) >= 11 is 1.41. The molecule has 0 saturated carbocycles. The summed E-state index contributed by atoms with van der Waals surface area (Å²) in [4.78, 5) is 20.4. The average molecular weight is 434 g/mol. The summed E-state index contributed by atoms with van der Waals surface area (Å²) in [6, 6.07) is 15.6. The van der Waals surface area contributed by atoms with Crippen LogP contribution >= 0.6 is 11.3 Å². The topological polar surface area (TPSA) is 76.1 Å². The zero-order chi connectivity index (χ0) is 21.6. The van der Waals surface area contributed by atoms with E-state index in [-0.39, 0.29) is 18.3 Å². The average Bonchev–Trinajstić information content (AvgIpc) is 3.15. The quantitative estimate of drug-likeness (QED) is 0.367. The molecule has 2 N–H and O–H groups in total. The van der Waals surface area contributed by atoms with Crippen molar-refractivity contribution in [3.63, 3.8) is 0 Å². The molecule has 2 heterocycles. The van der Waals surface area contributed by atoms with Gasteiger partial charge in [-0.15, -0.1) is 0 Å². The summed E-state index contributed by atoms with van der Waals surface area (Å²) in [5.74, 6) is -0.511. The Morgan fingerprint density at radius 3 is 2.81 bits per heavy atom. The number of thiazole rings is 1. The number of allylic oxidation sites excluding steroid dienone is 1. The number of hydrogen-bond donors (Lipinski definition) is 2. The first-order valence-corrected chi connectivity index (χ1v) is 10.4. The number of amides is 1. The fourth-order valence-corrected chi connectivity index (χ4v) is 3.77. The molecule has 0 aliphatic heterocycles. The first-order chi connectivity index (χ1) is 15.1. The number of aromatic nitrogens is 2. The van der Waals surface area contributed by atoms with Crippen molar-refractivity contribution in [3.05, 3.63) is 84.5 Å². The molecule has 0 saturated heterocycles. The molecule has 0 aliphatic rings. The van der Waals surface area contributed by atoms with Gasteiger partial charge >= 0.3 is 0 Å². The van der Waals surface area contributed by atoms with E-state index in [1.54, 1.807) is 37.4 Å². The zero-order valence-electron chi connectivity index (χ0n) is 16.6. The molecular weight excluding hydrogens is 415 g/mol. The molecule has 31 heavy (non-hydrogen) atoms. The van der Waals surface area contributed by atoms with Crippen molar-refractivity contribution >= 4 is 44.0 Å². The van der Waals surface area contributed by atoms with Gasteiger partial charge in [0.25, 0.3) is 0 Å². The number of rotatable bonds is 7. The Morgan fingerprint density at radius 1 is 1.16 bits per heavy atom. The minimum atomic E-state index is -0.476. The van der Waals surface area contributed by atoms with Gasteiger partial charge < -0.3 is 15.4 Å². The van der Waals surface area contributed by atoms with Gasteiger partial charge in [0, 0.05) is 23.6 Å². The highest BCUT2D eigenvalue weighted by Crippen LogP contribution is 2.31. The van der Waals surface area contributed by atoms with Crippen LogP contribution in [-0.4, -0.2) is 15.9 Å². The van der Waals surface area contributed by atoms with Crippen molar-refractivity contribution in [2.75, 3.05) is 10.6 Å². The van der Waals surface area contributed by atoms with E-state index in [1.807, 2.05) is 30.3 Å². The summed E-state index contributed by atoms with van der Waals surface area (Å²) in [6.07, 6.45) is 4.80. The Hall–Kier alpha value is -3.78. The number of carbonyl (C=O) groups excluding carboxylic acids is 1. The Morgan fingerprint density at radius 2 is 2.03 bits per heavy atom. The maximum atomic E-state index is 14.4. The molecule has 4 rings (SSSR count). The van der Waals surface area contributed by atoms with Crippen LogP contribution in [0.3, 0.4) is 0 Å². The number of carbonyl (C=O) groups is 1. The third-order valence-corrected chi connectivity index (χ3v) is 5.19. The number of pyridine rings is 1. The number of hydrogen-bond acceptors (Lipinski definition) is 6. The van der Waals surface area contributed by atoms with Gasteiger partial charge in [0.2, 0.25) is 5.91 Å². The molecule has 2 aromatic carbocycles. The lowest BCUT2D eigenvalue weighted by Crippen LogP contribution is -2.07. The van der Waals surface area contributed by atoms with E-state index in [2.05, 4.69) is 20.6 Å². The summed E-state index contributed by atoms with van der Waals surface area (Å²) in [7, 11) is 0. The van der Waals surface area contributed by atoms with Crippen LogP contribution in [0.25, 0.3) is 10.2 Å². The van der Waals surface area contributed by atoms with Crippen LogP contribution in [0.2, 0.25) is 0 Å². The second kappa shape index (κ2) is 9.36. The molecule has 0 spiro atoms. The van der Waals surface area contributed by atoms with E-state index in [0.717, 1.165) is 15.9 Å². The molecule has 0 aliphatic carbocycles. The second-order valence-corrected chi connectivity index (χ2v) is 7.60. The third-order valence-electron chi connectivity index (χ3n) is 4.26. The van der Waals surface area contributed by atoms with Crippen LogP contribution in [0.5, 0.6) is 5.75 Å². The lowest BCUT2D eigenvalue weighted by atomic mass is 10.3. The standard InChI is InChI=1S/C23H19FN4O2S/c1-2-5-22(29)26-16-7-9-19-21(13-16)31-23(28-19)27-15-8-10-20(18(24)12-15)30-14-17-6-3-4-11-25-17/h2-13H,14H2,1H3,(H,26,29)(H,27,28). The summed E-state index contributed by atoms with van der Waals surface area (Å²) in [5, 5.41) is 6.53. The van der Waals surface area contributed by atoms with E-state index < -0.39 is 5.82 Å². The Bertz CT molecular complexity index is 1240. The second-order valence-electron chi connectivity index (χ2n) is 6.57. The van der Waals surface area contributed by atoms with Crippen LogP contribution in [0.15, 0.2) is 72.9 Å². The largest absolute Gasteiger partial charge is 0.484 e. The van der Waals surface area contributed by atoms with Gasteiger partial charge in [0.15, 0.2) is 16.7 Å². The minimum absolute atomic E-state index is 0.155. The molecule has 1 amide bonds. The molecular formula is C23H19FN4O2S. The highest BCUT2D eigenvalue weighted by molar-refractivity contribution is 7.22. The first-order valence-electron chi connectivity index (χ1n) is 9.54. The van der Waals surface area contributed by atoms with Gasteiger partial charge in [-0.1, -0.05) is 23.5 Å². The third kappa shape index (κ3) is 5.23. The molecule has 0 bridgehead atoms. The monoisotopic (exact) mass is 434 g/mol. The van der Waals surface area contributed by atoms with E-state index in [1.165, 1.54) is 23.5 Å². The highest BCUT2D eigenvalue weighted by atomic mass is 32.1. The summed E-state index contributed by atoms with van der Waals surface area (Å²) < 4.78 is 20.9.